The van der Waals surface area contributed by atoms with Gasteiger partial charge >= 0.3 is 5.97 Å². The van der Waals surface area contributed by atoms with Crippen LogP contribution in [0.1, 0.15) is 21.5 Å². The molecule has 96 valence electrons. The lowest BCUT2D eigenvalue weighted by Gasteiger charge is -2.07. The molecule has 0 heterocycles. The Balaban J connectivity index is 2.45. The van der Waals surface area contributed by atoms with Crippen LogP contribution in [0.25, 0.3) is 0 Å². The molecule has 1 aromatic carbocycles. The lowest BCUT2D eigenvalue weighted by molar-refractivity contribution is -0.137. The van der Waals surface area contributed by atoms with Crippen molar-refractivity contribution in [2.24, 2.45) is 0 Å². The van der Waals surface area contributed by atoms with Gasteiger partial charge in [-0.05, 0) is 26.0 Å². The highest BCUT2D eigenvalue weighted by Gasteiger charge is 2.06. The highest BCUT2D eigenvalue weighted by atomic mass is 16.5. The number of benzene rings is 1. The maximum absolute atomic E-state index is 11.8. The topological polar surface area (TPSA) is 55.4 Å². The molecule has 4 nitrogen and oxygen atoms in total. The van der Waals surface area contributed by atoms with Gasteiger partial charge in [-0.15, -0.1) is 0 Å². The van der Waals surface area contributed by atoms with E-state index in [1.165, 1.54) is 0 Å². The maximum Gasteiger partial charge on any atom is 0.330 e. The molecule has 18 heavy (non-hydrogen) atoms. The van der Waals surface area contributed by atoms with Gasteiger partial charge < -0.3 is 10.1 Å². The van der Waals surface area contributed by atoms with Crippen LogP contribution in [0.15, 0.2) is 30.9 Å². The van der Waals surface area contributed by atoms with Crippen LogP contribution in [0.2, 0.25) is 0 Å². The number of amides is 1. The third kappa shape index (κ3) is 4.41. The van der Waals surface area contributed by atoms with Crippen LogP contribution in [0, 0.1) is 13.8 Å². The van der Waals surface area contributed by atoms with Crippen LogP contribution < -0.4 is 5.32 Å². The van der Waals surface area contributed by atoms with Gasteiger partial charge in [0.2, 0.25) is 0 Å². The quantitative estimate of drug-likeness (QED) is 0.490. The Morgan fingerprint density at radius 3 is 2.44 bits per heavy atom. The van der Waals surface area contributed by atoms with Gasteiger partial charge in [-0.25, -0.2) is 4.79 Å². The van der Waals surface area contributed by atoms with E-state index < -0.39 is 5.97 Å². The zero-order valence-corrected chi connectivity index (χ0v) is 10.7. The van der Waals surface area contributed by atoms with Gasteiger partial charge in [-0.2, -0.15) is 0 Å². The molecule has 0 bridgehead atoms. The molecule has 0 aliphatic rings. The summed E-state index contributed by atoms with van der Waals surface area (Å²) < 4.78 is 4.75. The van der Waals surface area contributed by atoms with E-state index in [2.05, 4.69) is 11.9 Å². The third-order valence-corrected chi connectivity index (χ3v) is 2.28. The number of aryl methyl sites for hydroxylation is 2. The fourth-order valence-corrected chi connectivity index (χ4v) is 1.58. The predicted octanol–water partition coefficient (Wildman–Crippen LogP) is 1.76. The molecule has 0 atom stereocenters. The van der Waals surface area contributed by atoms with Crippen LogP contribution in [-0.2, 0) is 9.53 Å². The van der Waals surface area contributed by atoms with Crippen molar-refractivity contribution >= 4 is 11.9 Å². The summed E-state index contributed by atoms with van der Waals surface area (Å²) >= 11 is 0. The van der Waals surface area contributed by atoms with Crippen LogP contribution in [-0.4, -0.2) is 25.0 Å². The third-order valence-electron chi connectivity index (χ3n) is 2.28. The minimum atomic E-state index is -0.490. The Bertz CT molecular complexity index is 446. The van der Waals surface area contributed by atoms with E-state index in [-0.39, 0.29) is 19.1 Å². The molecule has 0 unspecified atom stereocenters. The van der Waals surface area contributed by atoms with Crippen LogP contribution in [0.3, 0.4) is 0 Å². The molecule has 0 spiro atoms. The maximum atomic E-state index is 11.8. The Hall–Kier alpha value is -2.10. The SMILES string of the molecule is C=CC(=O)OCCNC(=O)c1cc(C)cc(C)c1. The average molecular weight is 247 g/mol. The minimum Gasteiger partial charge on any atom is -0.461 e. The molecular weight excluding hydrogens is 230 g/mol. The fraction of sp³-hybridized carbons (Fsp3) is 0.286. The molecule has 1 aromatic rings. The molecule has 1 N–H and O–H groups in total. The fourth-order valence-electron chi connectivity index (χ4n) is 1.58. The summed E-state index contributed by atoms with van der Waals surface area (Å²) in [7, 11) is 0. The van der Waals surface area contributed by atoms with Gasteiger partial charge in [0.15, 0.2) is 0 Å². The number of carbonyl (C=O) groups excluding carboxylic acids is 2. The summed E-state index contributed by atoms with van der Waals surface area (Å²) in [6.07, 6.45) is 1.09. The van der Waals surface area contributed by atoms with Crippen molar-refractivity contribution in [3.8, 4) is 0 Å². The number of hydrogen-bond acceptors (Lipinski definition) is 3. The molecule has 1 rings (SSSR count). The summed E-state index contributed by atoms with van der Waals surface area (Å²) in [5, 5.41) is 2.68. The molecule has 0 radical (unpaired) electrons. The van der Waals surface area contributed by atoms with Crippen LogP contribution in [0.5, 0.6) is 0 Å². The Morgan fingerprint density at radius 1 is 1.28 bits per heavy atom. The molecule has 0 aromatic heterocycles. The van der Waals surface area contributed by atoms with Gasteiger partial charge in [0.25, 0.3) is 5.91 Å². The Labute approximate surface area is 107 Å². The Morgan fingerprint density at radius 2 is 1.89 bits per heavy atom. The van der Waals surface area contributed by atoms with Gasteiger partial charge in [0, 0.05) is 11.6 Å². The standard InChI is InChI=1S/C14H17NO3/c1-4-13(16)18-6-5-15-14(17)12-8-10(2)7-11(3)9-12/h4,7-9H,1,5-6H2,2-3H3,(H,15,17). The van der Waals surface area contributed by atoms with E-state index >= 15 is 0 Å². The van der Waals surface area contributed by atoms with Crippen molar-refractivity contribution in [1.82, 2.24) is 5.32 Å². The highest BCUT2D eigenvalue weighted by Crippen LogP contribution is 2.08. The first kappa shape index (κ1) is 14.0. The first-order chi connectivity index (χ1) is 8.52. The average Bonchev–Trinajstić information content (AvgIpc) is 2.32. The van der Waals surface area contributed by atoms with Gasteiger partial charge in [-0.1, -0.05) is 23.8 Å². The van der Waals surface area contributed by atoms with Gasteiger partial charge in [0.05, 0.1) is 6.54 Å². The van der Waals surface area contributed by atoms with E-state index in [4.69, 9.17) is 4.74 Å². The van der Waals surface area contributed by atoms with E-state index in [1.807, 2.05) is 32.0 Å². The molecule has 0 fully saturated rings. The normalized spacial score (nSPS) is 9.67. The number of carbonyl (C=O) groups is 2. The largest absolute Gasteiger partial charge is 0.461 e. The second-order valence-corrected chi connectivity index (χ2v) is 4.00. The van der Waals surface area contributed by atoms with E-state index in [0.29, 0.717) is 5.56 Å². The minimum absolute atomic E-state index is 0.140. The van der Waals surface area contributed by atoms with Crippen molar-refractivity contribution in [1.29, 1.82) is 0 Å². The molecule has 0 aliphatic heterocycles. The van der Waals surface area contributed by atoms with E-state index in [0.717, 1.165) is 17.2 Å². The molecule has 0 saturated carbocycles. The first-order valence-corrected chi connectivity index (χ1v) is 5.68. The van der Waals surface area contributed by atoms with Gasteiger partial charge in [-0.3, -0.25) is 4.79 Å². The van der Waals surface area contributed by atoms with Crippen molar-refractivity contribution in [3.05, 3.63) is 47.5 Å². The number of rotatable bonds is 5. The summed E-state index contributed by atoms with van der Waals surface area (Å²) in [5.41, 5.74) is 2.69. The highest BCUT2D eigenvalue weighted by molar-refractivity contribution is 5.94. The monoisotopic (exact) mass is 247 g/mol. The second kappa shape index (κ2) is 6.59. The number of hydrogen-bond donors (Lipinski definition) is 1. The summed E-state index contributed by atoms with van der Waals surface area (Å²) in [6, 6.07) is 5.64. The lowest BCUT2D eigenvalue weighted by atomic mass is 10.1. The zero-order valence-electron chi connectivity index (χ0n) is 10.7. The lowest BCUT2D eigenvalue weighted by Crippen LogP contribution is -2.28. The number of nitrogens with one attached hydrogen (secondary N) is 1. The summed E-state index contributed by atoms with van der Waals surface area (Å²) in [5.74, 6) is -0.660. The van der Waals surface area contributed by atoms with Crippen molar-refractivity contribution in [2.75, 3.05) is 13.2 Å². The molecule has 0 aliphatic carbocycles. The van der Waals surface area contributed by atoms with E-state index in [9.17, 15) is 9.59 Å². The first-order valence-electron chi connectivity index (χ1n) is 5.68. The number of ether oxygens (including phenoxy) is 1. The summed E-state index contributed by atoms with van der Waals surface area (Å²) in [4.78, 5) is 22.6. The van der Waals surface area contributed by atoms with E-state index in [1.54, 1.807) is 0 Å². The van der Waals surface area contributed by atoms with Crippen molar-refractivity contribution < 1.29 is 14.3 Å². The molecule has 4 heteroatoms. The zero-order chi connectivity index (χ0) is 13.5. The molecule has 0 saturated heterocycles. The number of esters is 1. The van der Waals surface area contributed by atoms with Gasteiger partial charge in [0.1, 0.15) is 6.61 Å². The van der Waals surface area contributed by atoms with Crippen molar-refractivity contribution in [3.63, 3.8) is 0 Å². The predicted molar refractivity (Wildman–Crippen MR) is 69.4 cm³/mol. The summed E-state index contributed by atoms with van der Waals surface area (Å²) in [6.45, 7) is 7.58. The molecular formula is C14H17NO3. The second-order valence-electron chi connectivity index (χ2n) is 4.00. The van der Waals surface area contributed by atoms with Crippen molar-refractivity contribution in [2.45, 2.75) is 13.8 Å². The van der Waals surface area contributed by atoms with Crippen LogP contribution >= 0.6 is 0 Å². The van der Waals surface area contributed by atoms with Crippen LogP contribution in [0.4, 0.5) is 0 Å². The Kier molecular flexibility index (Phi) is 5.11. The smallest absolute Gasteiger partial charge is 0.330 e. The molecule has 1 amide bonds.